The second-order valence-electron chi connectivity index (χ2n) is 2.76. The molecule has 0 spiro atoms. The fraction of sp³-hybridized carbons (Fsp3) is 0.333. The number of hydrogen-bond acceptors (Lipinski definition) is 4. The van der Waals surface area contributed by atoms with Gasteiger partial charge in [0.1, 0.15) is 6.26 Å². The highest BCUT2D eigenvalue weighted by molar-refractivity contribution is 7.99. The quantitative estimate of drug-likeness (QED) is 0.613. The minimum absolute atomic E-state index is 0.334. The Hall–Kier alpha value is -1.23. The summed E-state index contributed by atoms with van der Waals surface area (Å²) in [5.41, 5.74) is 1.16. The Morgan fingerprint density at radius 3 is 3.00 bits per heavy atom. The standard InChI is InChI=1S/C9H11NO3S/c1-6(8(11)12)3-4-14-9-10-7(2)5-13-9/h3,5H,4H2,1-2H3,(H,11,12). The summed E-state index contributed by atoms with van der Waals surface area (Å²) < 4.78 is 5.08. The van der Waals surface area contributed by atoms with Crippen LogP contribution in [0.5, 0.6) is 0 Å². The number of rotatable bonds is 4. The lowest BCUT2D eigenvalue weighted by Gasteiger charge is -1.92. The van der Waals surface area contributed by atoms with Crippen LogP contribution in [0.2, 0.25) is 0 Å². The van der Waals surface area contributed by atoms with E-state index < -0.39 is 5.97 Å². The van der Waals surface area contributed by atoms with Gasteiger partial charge in [0.05, 0.1) is 5.69 Å². The first-order valence-corrected chi connectivity index (χ1v) is 5.03. The number of carbonyl (C=O) groups is 1. The summed E-state index contributed by atoms with van der Waals surface area (Å²) in [4.78, 5) is 14.5. The van der Waals surface area contributed by atoms with Gasteiger partial charge in [-0.1, -0.05) is 17.8 Å². The summed E-state index contributed by atoms with van der Waals surface area (Å²) in [6.45, 7) is 3.40. The molecule has 0 aliphatic rings. The molecule has 0 amide bonds. The Labute approximate surface area is 86.0 Å². The van der Waals surface area contributed by atoms with Crippen molar-refractivity contribution in [1.82, 2.24) is 4.98 Å². The monoisotopic (exact) mass is 213 g/mol. The van der Waals surface area contributed by atoms with E-state index in [1.54, 1.807) is 19.3 Å². The molecule has 14 heavy (non-hydrogen) atoms. The van der Waals surface area contributed by atoms with Crippen molar-refractivity contribution in [2.24, 2.45) is 0 Å². The van der Waals surface area contributed by atoms with Crippen LogP contribution in [0.4, 0.5) is 0 Å². The summed E-state index contributed by atoms with van der Waals surface area (Å²) >= 11 is 1.37. The summed E-state index contributed by atoms with van der Waals surface area (Å²) in [6, 6.07) is 0. The maximum absolute atomic E-state index is 10.4. The van der Waals surface area contributed by atoms with E-state index >= 15 is 0 Å². The number of aromatic nitrogens is 1. The molecule has 4 nitrogen and oxygen atoms in total. The highest BCUT2D eigenvalue weighted by Gasteiger charge is 2.01. The second kappa shape index (κ2) is 4.85. The molecule has 0 fully saturated rings. The van der Waals surface area contributed by atoms with Gasteiger partial charge in [-0.15, -0.1) is 0 Å². The minimum Gasteiger partial charge on any atom is -0.478 e. The van der Waals surface area contributed by atoms with Gasteiger partial charge in [0.15, 0.2) is 0 Å². The van der Waals surface area contributed by atoms with Crippen molar-refractivity contribution < 1.29 is 14.3 Å². The number of nitrogens with zero attached hydrogens (tertiary/aromatic N) is 1. The molecule has 0 unspecified atom stereocenters. The number of oxazole rings is 1. The smallest absolute Gasteiger partial charge is 0.330 e. The number of carboxylic acid groups (broad SMARTS) is 1. The largest absolute Gasteiger partial charge is 0.478 e. The van der Waals surface area contributed by atoms with Crippen molar-refractivity contribution in [2.45, 2.75) is 19.1 Å². The van der Waals surface area contributed by atoms with Crippen LogP contribution >= 0.6 is 11.8 Å². The highest BCUT2D eigenvalue weighted by atomic mass is 32.2. The fourth-order valence-corrected chi connectivity index (χ4v) is 1.52. The minimum atomic E-state index is -0.894. The highest BCUT2D eigenvalue weighted by Crippen LogP contribution is 2.17. The van der Waals surface area contributed by atoms with E-state index in [9.17, 15) is 4.79 Å². The van der Waals surface area contributed by atoms with Crippen LogP contribution in [-0.4, -0.2) is 21.8 Å². The lowest BCUT2D eigenvalue weighted by molar-refractivity contribution is -0.132. The lowest BCUT2D eigenvalue weighted by Crippen LogP contribution is -1.96. The summed E-state index contributed by atoms with van der Waals surface area (Å²) in [5, 5.41) is 9.13. The Bertz CT molecular complexity index is 357. The average molecular weight is 213 g/mol. The van der Waals surface area contributed by atoms with Gasteiger partial charge in [0.2, 0.25) is 0 Å². The maximum atomic E-state index is 10.4. The van der Waals surface area contributed by atoms with Crippen LogP contribution in [0, 0.1) is 6.92 Å². The van der Waals surface area contributed by atoms with Gasteiger partial charge >= 0.3 is 5.97 Å². The number of aryl methyl sites for hydroxylation is 1. The Kier molecular flexibility index (Phi) is 3.76. The van der Waals surface area contributed by atoms with Crippen LogP contribution in [-0.2, 0) is 4.79 Å². The van der Waals surface area contributed by atoms with E-state index in [0.717, 1.165) is 5.69 Å². The van der Waals surface area contributed by atoms with Crippen molar-refractivity contribution in [1.29, 1.82) is 0 Å². The molecule has 76 valence electrons. The molecule has 0 aliphatic heterocycles. The SMILES string of the molecule is CC(=CCSc1nc(C)co1)C(=O)O. The maximum Gasteiger partial charge on any atom is 0.330 e. The first-order valence-electron chi connectivity index (χ1n) is 4.04. The lowest BCUT2D eigenvalue weighted by atomic mass is 10.3. The summed E-state index contributed by atoms with van der Waals surface area (Å²) in [6.07, 6.45) is 3.20. The molecule has 5 heteroatoms. The zero-order valence-corrected chi connectivity index (χ0v) is 8.80. The van der Waals surface area contributed by atoms with Crippen molar-refractivity contribution in [3.05, 3.63) is 23.6 Å². The van der Waals surface area contributed by atoms with E-state index in [1.807, 2.05) is 6.92 Å². The van der Waals surface area contributed by atoms with Crippen LogP contribution in [0.25, 0.3) is 0 Å². The zero-order chi connectivity index (χ0) is 10.6. The first-order chi connectivity index (χ1) is 6.59. The molecule has 0 aromatic carbocycles. The molecule has 0 saturated heterocycles. The van der Waals surface area contributed by atoms with Crippen molar-refractivity contribution in [3.8, 4) is 0 Å². The molecule has 0 saturated carbocycles. The Morgan fingerprint density at radius 1 is 1.79 bits per heavy atom. The predicted octanol–water partition coefficient (Wildman–Crippen LogP) is 2.11. The van der Waals surface area contributed by atoms with Gasteiger partial charge in [-0.2, -0.15) is 0 Å². The molecule has 0 radical (unpaired) electrons. The van der Waals surface area contributed by atoms with Crippen LogP contribution < -0.4 is 0 Å². The molecular weight excluding hydrogens is 202 g/mol. The molecule has 1 heterocycles. The third-order valence-electron chi connectivity index (χ3n) is 1.53. The molecular formula is C9H11NO3S. The third-order valence-corrected chi connectivity index (χ3v) is 2.30. The van der Waals surface area contributed by atoms with Gasteiger partial charge in [0, 0.05) is 11.3 Å². The van der Waals surface area contributed by atoms with Crippen molar-refractivity contribution in [2.75, 3.05) is 5.75 Å². The predicted molar refractivity (Wildman–Crippen MR) is 53.4 cm³/mol. The first kappa shape index (κ1) is 10.8. The number of carboxylic acids is 1. The molecule has 1 N–H and O–H groups in total. The van der Waals surface area contributed by atoms with Gasteiger partial charge < -0.3 is 9.52 Å². The van der Waals surface area contributed by atoms with Crippen LogP contribution in [0.1, 0.15) is 12.6 Å². The topological polar surface area (TPSA) is 63.3 Å². The van der Waals surface area contributed by atoms with Gasteiger partial charge in [0.25, 0.3) is 5.22 Å². The molecule has 0 bridgehead atoms. The van der Waals surface area contributed by atoms with E-state index in [2.05, 4.69) is 4.98 Å². The fourth-order valence-electron chi connectivity index (χ4n) is 0.724. The summed E-state index contributed by atoms with van der Waals surface area (Å²) in [7, 11) is 0. The van der Waals surface area contributed by atoms with Gasteiger partial charge in [-0.3, -0.25) is 0 Å². The van der Waals surface area contributed by atoms with Crippen LogP contribution in [0.15, 0.2) is 27.6 Å². The van der Waals surface area contributed by atoms with E-state index in [1.165, 1.54) is 11.8 Å². The van der Waals surface area contributed by atoms with Gasteiger partial charge in [-0.05, 0) is 13.8 Å². The van der Waals surface area contributed by atoms with E-state index in [0.29, 0.717) is 16.5 Å². The van der Waals surface area contributed by atoms with Crippen molar-refractivity contribution in [3.63, 3.8) is 0 Å². The average Bonchev–Trinajstić information content (AvgIpc) is 2.51. The summed E-state index contributed by atoms with van der Waals surface area (Å²) in [5.74, 6) is -0.341. The molecule has 1 aromatic heterocycles. The van der Waals surface area contributed by atoms with Crippen LogP contribution in [0.3, 0.4) is 0 Å². The van der Waals surface area contributed by atoms with E-state index in [4.69, 9.17) is 9.52 Å². The number of hydrogen-bond donors (Lipinski definition) is 1. The Balaban J connectivity index is 2.42. The van der Waals surface area contributed by atoms with Crippen molar-refractivity contribution >= 4 is 17.7 Å². The molecule has 0 aliphatic carbocycles. The van der Waals surface area contributed by atoms with E-state index in [-0.39, 0.29) is 0 Å². The number of thioether (sulfide) groups is 1. The molecule has 1 rings (SSSR count). The molecule has 0 atom stereocenters. The second-order valence-corrected chi connectivity index (χ2v) is 3.73. The number of aliphatic carboxylic acids is 1. The van der Waals surface area contributed by atoms with Gasteiger partial charge in [-0.25, -0.2) is 9.78 Å². The Morgan fingerprint density at radius 2 is 2.50 bits per heavy atom. The zero-order valence-electron chi connectivity index (χ0n) is 7.98. The third kappa shape index (κ3) is 3.26. The molecule has 1 aromatic rings. The normalized spacial score (nSPS) is 11.7.